The third-order valence-electron chi connectivity index (χ3n) is 3.39. The SMILES string of the molecule is COc1ccc(-c2ncc(C(=O)Nc3ccc(NC(C)=O)cc3)s2)cn1. The van der Waals surface area contributed by atoms with E-state index in [1.54, 1.807) is 43.6 Å². The van der Waals surface area contributed by atoms with Crippen LogP contribution in [0.25, 0.3) is 10.6 Å². The third-order valence-corrected chi connectivity index (χ3v) is 4.43. The molecular weight excluding hydrogens is 352 g/mol. The molecule has 2 aromatic heterocycles. The van der Waals surface area contributed by atoms with Gasteiger partial charge in [-0.2, -0.15) is 0 Å². The minimum atomic E-state index is -0.248. The lowest BCUT2D eigenvalue weighted by atomic mass is 10.2. The number of anilines is 2. The van der Waals surface area contributed by atoms with Gasteiger partial charge in [0.15, 0.2) is 0 Å². The zero-order chi connectivity index (χ0) is 18.5. The Balaban J connectivity index is 1.68. The molecule has 0 radical (unpaired) electrons. The number of aromatic nitrogens is 2. The molecule has 3 aromatic rings. The van der Waals surface area contributed by atoms with Crippen molar-refractivity contribution in [2.24, 2.45) is 0 Å². The van der Waals surface area contributed by atoms with Crippen molar-refractivity contribution in [2.75, 3.05) is 17.7 Å². The first kappa shape index (κ1) is 17.6. The topological polar surface area (TPSA) is 93.2 Å². The number of carbonyl (C=O) groups is 2. The first-order valence-corrected chi connectivity index (χ1v) is 8.52. The second-order valence-electron chi connectivity index (χ2n) is 5.33. The number of thiazole rings is 1. The molecular formula is C18H16N4O3S. The normalized spacial score (nSPS) is 10.2. The summed E-state index contributed by atoms with van der Waals surface area (Å²) in [5, 5.41) is 6.18. The van der Waals surface area contributed by atoms with E-state index in [1.807, 2.05) is 6.07 Å². The number of pyridine rings is 1. The average molecular weight is 368 g/mol. The van der Waals surface area contributed by atoms with Gasteiger partial charge in [0.2, 0.25) is 11.8 Å². The molecule has 0 aliphatic carbocycles. The summed E-state index contributed by atoms with van der Waals surface area (Å²) in [5.74, 6) is 0.125. The van der Waals surface area contributed by atoms with Gasteiger partial charge in [-0.1, -0.05) is 0 Å². The molecule has 1 aromatic carbocycles. The third kappa shape index (κ3) is 4.22. The average Bonchev–Trinajstić information content (AvgIpc) is 3.13. The molecule has 0 saturated heterocycles. The Morgan fingerprint density at radius 3 is 2.23 bits per heavy atom. The van der Waals surface area contributed by atoms with Crippen molar-refractivity contribution in [3.05, 3.63) is 53.7 Å². The largest absolute Gasteiger partial charge is 0.481 e. The molecule has 7 nitrogen and oxygen atoms in total. The monoisotopic (exact) mass is 368 g/mol. The lowest BCUT2D eigenvalue weighted by Crippen LogP contribution is -2.10. The molecule has 2 N–H and O–H groups in total. The van der Waals surface area contributed by atoms with Crippen molar-refractivity contribution in [3.8, 4) is 16.5 Å². The summed E-state index contributed by atoms with van der Waals surface area (Å²) in [6.07, 6.45) is 3.19. The quantitative estimate of drug-likeness (QED) is 0.720. The molecule has 8 heteroatoms. The van der Waals surface area contributed by atoms with Crippen LogP contribution in [0.1, 0.15) is 16.6 Å². The van der Waals surface area contributed by atoms with Crippen molar-refractivity contribution < 1.29 is 14.3 Å². The number of nitrogens with zero attached hydrogens (tertiary/aromatic N) is 2. The van der Waals surface area contributed by atoms with Crippen LogP contribution in [-0.2, 0) is 4.79 Å². The minimum absolute atomic E-state index is 0.146. The van der Waals surface area contributed by atoms with Crippen molar-refractivity contribution >= 4 is 34.5 Å². The summed E-state index contributed by atoms with van der Waals surface area (Å²) >= 11 is 1.28. The summed E-state index contributed by atoms with van der Waals surface area (Å²) in [6, 6.07) is 10.5. The number of carbonyl (C=O) groups excluding carboxylic acids is 2. The molecule has 3 rings (SSSR count). The van der Waals surface area contributed by atoms with Gasteiger partial charge in [-0.15, -0.1) is 11.3 Å². The van der Waals surface area contributed by atoms with E-state index < -0.39 is 0 Å². The van der Waals surface area contributed by atoms with Crippen molar-refractivity contribution in [1.29, 1.82) is 0 Å². The number of benzene rings is 1. The molecule has 0 atom stereocenters. The summed E-state index contributed by atoms with van der Waals surface area (Å²) in [6.45, 7) is 1.44. The molecule has 26 heavy (non-hydrogen) atoms. The Hall–Kier alpha value is -3.26. The Kier molecular flexibility index (Phi) is 5.23. The Bertz CT molecular complexity index is 920. The van der Waals surface area contributed by atoms with Gasteiger partial charge >= 0.3 is 0 Å². The maximum atomic E-state index is 12.4. The summed E-state index contributed by atoms with van der Waals surface area (Å²) < 4.78 is 5.03. The number of methoxy groups -OCH3 is 1. The van der Waals surface area contributed by atoms with Gasteiger partial charge in [0.25, 0.3) is 5.91 Å². The summed E-state index contributed by atoms with van der Waals surface area (Å²) in [5.41, 5.74) is 2.11. The van der Waals surface area contributed by atoms with Crippen LogP contribution in [0.5, 0.6) is 5.88 Å². The highest BCUT2D eigenvalue weighted by Gasteiger charge is 2.12. The standard InChI is InChI=1S/C18H16N4O3S/c1-11(23)21-13-4-6-14(7-5-13)22-17(24)15-10-20-18(26-15)12-3-8-16(25-2)19-9-12/h3-10H,1-2H3,(H,21,23)(H,22,24). The van der Waals surface area contributed by atoms with E-state index in [-0.39, 0.29) is 11.8 Å². The maximum Gasteiger partial charge on any atom is 0.267 e. The second kappa shape index (κ2) is 7.75. The molecule has 132 valence electrons. The van der Waals surface area contributed by atoms with Crippen molar-refractivity contribution in [2.45, 2.75) is 6.92 Å². The van der Waals surface area contributed by atoms with Crippen LogP contribution >= 0.6 is 11.3 Å². The molecule has 0 fully saturated rings. The van der Waals surface area contributed by atoms with Gasteiger partial charge in [0, 0.05) is 36.1 Å². The van der Waals surface area contributed by atoms with Crippen LogP contribution < -0.4 is 15.4 Å². The number of ether oxygens (including phenoxy) is 1. The van der Waals surface area contributed by atoms with Crippen LogP contribution in [0, 0.1) is 0 Å². The number of hydrogen-bond donors (Lipinski definition) is 2. The first-order chi connectivity index (χ1) is 12.5. The summed E-state index contributed by atoms with van der Waals surface area (Å²) in [7, 11) is 1.55. The minimum Gasteiger partial charge on any atom is -0.481 e. The highest BCUT2D eigenvalue weighted by molar-refractivity contribution is 7.17. The fraction of sp³-hybridized carbons (Fsp3) is 0.111. The van der Waals surface area contributed by atoms with E-state index in [9.17, 15) is 9.59 Å². The number of amides is 2. The predicted molar refractivity (Wildman–Crippen MR) is 101 cm³/mol. The molecule has 0 spiro atoms. The highest BCUT2D eigenvalue weighted by atomic mass is 32.1. The van der Waals surface area contributed by atoms with E-state index in [2.05, 4.69) is 20.6 Å². The Labute approximate surface area is 154 Å². The first-order valence-electron chi connectivity index (χ1n) is 7.70. The fourth-order valence-electron chi connectivity index (χ4n) is 2.17. The molecule has 0 aliphatic heterocycles. The van der Waals surface area contributed by atoms with E-state index in [4.69, 9.17) is 4.74 Å². The van der Waals surface area contributed by atoms with Gasteiger partial charge in [-0.3, -0.25) is 9.59 Å². The molecule has 2 amide bonds. The zero-order valence-corrected chi connectivity index (χ0v) is 15.0. The Morgan fingerprint density at radius 2 is 1.65 bits per heavy atom. The van der Waals surface area contributed by atoms with Crippen LogP contribution in [0.2, 0.25) is 0 Å². The number of nitrogens with one attached hydrogen (secondary N) is 2. The zero-order valence-electron chi connectivity index (χ0n) is 14.1. The second-order valence-corrected chi connectivity index (χ2v) is 6.36. The number of hydrogen-bond acceptors (Lipinski definition) is 6. The molecule has 2 heterocycles. The van der Waals surface area contributed by atoms with E-state index in [1.165, 1.54) is 24.5 Å². The van der Waals surface area contributed by atoms with Crippen LogP contribution in [-0.4, -0.2) is 28.9 Å². The van der Waals surface area contributed by atoms with Gasteiger partial charge in [0.05, 0.1) is 13.3 Å². The van der Waals surface area contributed by atoms with Gasteiger partial charge < -0.3 is 15.4 Å². The molecule has 0 unspecified atom stereocenters. The Morgan fingerprint density at radius 1 is 0.962 bits per heavy atom. The lowest BCUT2D eigenvalue weighted by molar-refractivity contribution is -0.114. The van der Waals surface area contributed by atoms with Gasteiger partial charge in [0.1, 0.15) is 9.88 Å². The highest BCUT2D eigenvalue weighted by Crippen LogP contribution is 2.26. The lowest BCUT2D eigenvalue weighted by Gasteiger charge is -2.05. The van der Waals surface area contributed by atoms with Gasteiger partial charge in [-0.05, 0) is 30.3 Å². The van der Waals surface area contributed by atoms with E-state index in [0.29, 0.717) is 27.1 Å². The molecule has 0 saturated carbocycles. The van der Waals surface area contributed by atoms with Crippen LogP contribution in [0.3, 0.4) is 0 Å². The number of rotatable bonds is 5. The molecule has 0 bridgehead atoms. The smallest absolute Gasteiger partial charge is 0.267 e. The molecule has 0 aliphatic rings. The van der Waals surface area contributed by atoms with Crippen LogP contribution in [0.15, 0.2) is 48.8 Å². The summed E-state index contributed by atoms with van der Waals surface area (Å²) in [4.78, 5) is 32.3. The van der Waals surface area contributed by atoms with Gasteiger partial charge in [-0.25, -0.2) is 9.97 Å². The van der Waals surface area contributed by atoms with Crippen molar-refractivity contribution in [3.63, 3.8) is 0 Å². The van der Waals surface area contributed by atoms with E-state index >= 15 is 0 Å². The van der Waals surface area contributed by atoms with E-state index in [0.717, 1.165) is 5.56 Å². The van der Waals surface area contributed by atoms with Crippen LogP contribution in [0.4, 0.5) is 11.4 Å². The predicted octanol–water partition coefficient (Wildman–Crippen LogP) is 3.42. The fourth-order valence-corrected chi connectivity index (χ4v) is 2.97. The van der Waals surface area contributed by atoms with Crippen molar-refractivity contribution in [1.82, 2.24) is 9.97 Å². The maximum absolute atomic E-state index is 12.4.